The van der Waals surface area contributed by atoms with Gasteiger partial charge in [-0.1, -0.05) is 43.7 Å². The number of nitrogens with one attached hydrogen (secondary N) is 2. The van der Waals surface area contributed by atoms with E-state index < -0.39 is 0 Å². The number of aromatic nitrogens is 2. The fraction of sp³-hybridized carbons (Fsp3) is 0.500. The molecule has 3 rings (SSSR count). The average Bonchev–Trinajstić information content (AvgIpc) is 2.90. The molecule has 2 N–H and O–H groups in total. The number of fused-ring (bicyclic) bond motifs is 1. The summed E-state index contributed by atoms with van der Waals surface area (Å²) >= 11 is 1.47. The molecule has 112 valence electrons. The Kier molecular flexibility index (Phi) is 4.48. The summed E-state index contributed by atoms with van der Waals surface area (Å²) in [6, 6.07) is 8.26. The third-order valence-corrected chi connectivity index (χ3v) is 5.04. The molecule has 0 aliphatic heterocycles. The van der Waals surface area contributed by atoms with Crippen LogP contribution in [0.15, 0.2) is 29.4 Å². The van der Waals surface area contributed by atoms with Crippen LogP contribution in [0.2, 0.25) is 0 Å². The van der Waals surface area contributed by atoms with Gasteiger partial charge in [0.15, 0.2) is 5.16 Å². The number of para-hydroxylation sites is 2. The Balaban J connectivity index is 1.53. The van der Waals surface area contributed by atoms with Gasteiger partial charge in [0.05, 0.1) is 16.8 Å². The summed E-state index contributed by atoms with van der Waals surface area (Å²) in [7, 11) is 0. The molecule has 0 saturated heterocycles. The van der Waals surface area contributed by atoms with Crippen molar-refractivity contribution in [3.63, 3.8) is 0 Å². The maximum atomic E-state index is 12.1. The highest BCUT2D eigenvalue weighted by Crippen LogP contribution is 2.24. The van der Waals surface area contributed by atoms with Crippen LogP contribution in [0.4, 0.5) is 0 Å². The van der Waals surface area contributed by atoms with Gasteiger partial charge in [0.2, 0.25) is 5.91 Å². The van der Waals surface area contributed by atoms with E-state index in [0.717, 1.165) is 22.6 Å². The molecule has 4 nitrogen and oxygen atoms in total. The number of thioether (sulfide) groups is 1. The highest BCUT2D eigenvalue weighted by molar-refractivity contribution is 7.99. The van der Waals surface area contributed by atoms with Crippen LogP contribution < -0.4 is 5.32 Å². The van der Waals surface area contributed by atoms with E-state index in [1.54, 1.807) is 0 Å². The zero-order valence-electron chi connectivity index (χ0n) is 12.3. The lowest BCUT2D eigenvalue weighted by molar-refractivity contribution is -0.119. The first kappa shape index (κ1) is 14.4. The molecule has 2 atom stereocenters. The predicted octanol–water partition coefficient (Wildman–Crippen LogP) is 3.35. The van der Waals surface area contributed by atoms with E-state index in [9.17, 15) is 4.79 Å². The van der Waals surface area contributed by atoms with Gasteiger partial charge in [0.1, 0.15) is 0 Å². The zero-order valence-corrected chi connectivity index (χ0v) is 13.1. The van der Waals surface area contributed by atoms with Gasteiger partial charge in [-0.15, -0.1) is 0 Å². The Bertz CT molecular complexity index is 592. The van der Waals surface area contributed by atoms with Gasteiger partial charge in [-0.3, -0.25) is 4.79 Å². The van der Waals surface area contributed by atoms with Gasteiger partial charge in [-0.25, -0.2) is 4.98 Å². The third-order valence-electron chi connectivity index (χ3n) is 4.17. The van der Waals surface area contributed by atoms with Crippen molar-refractivity contribution in [1.29, 1.82) is 0 Å². The topological polar surface area (TPSA) is 57.8 Å². The minimum Gasteiger partial charge on any atom is -0.352 e. The Labute approximate surface area is 129 Å². The number of aromatic amines is 1. The normalized spacial score (nSPS) is 22.3. The molecule has 1 aromatic heterocycles. The molecular weight excluding hydrogens is 282 g/mol. The van der Waals surface area contributed by atoms with Crippen molar-refractivity contribution in [2.75, 3.05) is 5.75 Å². The fourth-order valence-electron chi connectivity index (χ4n) is 2.91. The molecule has 1 fully saturated rings. The Morgan fingerprint density at radius 3 is 3.00 bits per heavy atom. The lowest BCUT2D eigenvalue weighted by Crippen LogP contribution is -2.41. The van der Waals surface area contributed by atoms with Crippen LogP contribution in [0, 0.1) is 5.92 Å². The lowest BCUT2D eigenvalue weighted by Gasteiger charge is -2.29. The fourth-order valence-corrected chi connectivity index (χ4v) is 3.61. The summed E-state index contributed by atoms with van der Waals surface area (Å²) < 4.78 is 0. The molecule has 1 saturated carbocycles. The maximum absolute atomic E-state index is 12.1. The van der Waals surface area contributed by atoms with E-state index in [2.05, 4.69) is 22.2 Å². The number of amides is 1. The van der Waals surface area contributed by atoms with Crippen LogP contribution >= 0.6 is 11.8 Å². The van der Waals surface area contributed by atoms with Crippen LogP contribution in [-0.4, -0.2) is 27.7 Å². The van der Waals surface area contributed by atoms with Crippen molar-refractivity contribution in [1.82, 2.24) is 15.3 Å². The molecule has 1 amide bonds. The minimum atomic E-state index is 0.110. The predicted molar refractivity (Wildman–Crippen MR) is 86.4 cm³/mol. The first-order valence-corrected chi connectivity index (χ1v) is 8.58. The second-order valence-electron chi connectivity index (χ2n) is 5.78. The van der Waals surface area contributed by atoms with E-state index in [1.807, 2.05) is 24.3 Å². The number of carbonyl (C=O) groups excluding carboxylic acids is 1. The zero-order chi connectivity index (χ0) is 14.7. The van der Waals surface area contributed by atoms with E-state index in [4.69, 9.17) is 0 Å². The SMILES string of the molecule is C[C@@H]1CCCC[C@@H]1NC(=O)CSc1nc2ccccc2[nH]1. The number of hydrogen-bond acceptors (Lipinski definition) is 3. The first-order valence-electron chi connectivity index (χ1n) is 7.59. The number of benzene rings is 1. The number of H-pyrrole nitrogens is 1. The van der Waals surface area contributed by atoms with Crippen LogP contribution in [0.1, 0.15) is 32.6 Å². The molecule has 5 heteroatoms. The molecule has 0 bridgehead atoms. The Hall–Kier alpha value is -1.49. The van der Waals surface area contributed by atoms with Crippen LogP contribution in [0.25, 0.3) is 11.0 Å². The molecule has 1 aliphatic rings. The van der Waals surface area contributed by atoms with Gasteiger partial charge < -0.3 is 10.3 Å². The van der Waals surface area contributed by atoms with Crippen molar-refractivity contribution in [3.05, 3.63) is 24.3 Å². The summed E-state index contributed by atoms with van der Waals surface area (Å²) in [5.74, 6) is 1.13. The Morgan fingerprint density at radius 1 is 1.38 bits per heavy atom. The Morgan fingerprint density at radius 2 is 2.19 bits per heavy atom. The number of rotatable bonds is 4. The second-order valence-corrected chi connectivity index (χ2v) is 6.75. The number of nitrogens with zero attached hydrogens (tertiary/aromatic N) is 1. The van der Waals surface area contributed by atoms with Crippen molar-refractivity contribution in [3.8, 4) is 0 Å². The lowest BCUT2D eigenvalue weighted by atomic mass is 9.86. The smallest absolute Gasteiger partial charge is 0.230 e. The van der Waals surface area contributed by atoms with E-state index in [1.165, 1.54) is 31.0 Å². The first-order chi connectivity index (χ1) is 10.2. The summed E-state index contributed by atoms with van der Waals surface area (Å²) in [4.78, 5) is 19.8. The van der Waals surface area contributed by atoms with E-state index in [-0.39, 0.29) is 5.91 Å². The van der Waals surface area contributed by atoms with Gasteiger partial charge in [0, 0.05) is 6.04 Å². The largest absolute Gasteiger partial charge is 0.352 e. The highest BCUT2D eigenvalue weighted by atomic mass is 32.2. The summed E-state index contributed by atoms with van der Waals surface area (Å²) in [5, 5.41) is 3.98. The number of carbonyl (C=O) groups is 1. The highest BCUT2D eigenvalue weighted by Gasteiger charge is 2.22. The van der Waals surface area contributed by atoms with Crippen molar-refractivity contribution in [2.45, 2.75) is 43.8 Å². The molecule has 1 heterocycles. The van der Waals surface area contributed by atoms with Crippen LogP contribution in [0.5, 0.6) is 0 Å². The molecule has 0 unspecified atom stereocenters. The van der Waals surface area contributed by atoms with Crippen LogP contribution in [-0.2, 0) is 4.79 Å². The molecule has 1 aliphatic carbocycles. The quantitative estimate of drug-likeness (QED) is 0.852. The molecule has 2 aromatic rings. The third kappa shape index (κ3) is 3.59. The van der Waals surface area contributed by atoms with Crippen molar-refractivity contribution in [2.24, 2.45) is 5.92 Å². The molecule has 0 radical (unpaired) electrons. The van der Waals surface area contributed by atoms with Gasteiger partial charge in [-0.05, 0) is 30.9 Å². The monoisotopic (exact) mass is 303 g/mol. The van der Waals surface area contributed by atoms with Crippen molar-refractivity contribution < 1.29 is 4.79 Å². The molecule has 1 aromatic carbocycles. The standard InChI is InChI=1S/C16H21N3OS/c1-11-6-2-3-7-12(11)17-15(20)10-21-16-18-13-8-4-5-9-14(13)19-16/h4-5,8-9,11-12H,2-3,6-7,10H2,1H3,(H,17,20)(H,18,19)/t11-,12+/m1/s1. The van der Waals surface area contributed by atoms with Gasteiger partial charge in [-0.2, -0.15) is 0 Å². The number of imidazole rings is 1. The molecular formula is C16H21N3OS. The number of hydrogen-bond donors (Lipinski definition) is 2. The van der Waals surface area contributed by atoms with Gasteiger partial charge >= 0.3 is 0 Å². The minimum absolute atomic E-state index is 0.110. The van der Waals surface area contributed by atoms with Gasteiger partial charge in [0.25, 0.3) is 0 Å². The van der Waals surface area contributed by atoms with Crippen molar-refractivity contribution >= 4 is 28.7 Å². The summed E-state index contributed by atoms with van der Waals surface area (Å²) in [5.41, 5.74) is 1.96. The summed E-state index contributed by atoms with van der Waals surface area (Å²) in [6.07, 6.45) is 4.86. The van der Waals surface area contributed by atoms with E-state index >= 15 is 0 Å². The maximum Gasteiger partial charge on any atom is 0.230 e. The average molecular weight is 303 g/mol. The second kappa shape index (κ2) is 6.52. The molecule has 21 heavy (non-hydrogen) atoms. The van der Waals surface area contributed by atoms with E-state index in [0.29, 0.717) is 17.7 Å². The molecule has 0 spiro atoms. The summed E-state index contributed by atoms with van der Waals surface area (Å²) in [6.45, 7) is 2.23. The van der Waals surface area contributed by atoms with Crippen LogP contribution in [0.3, 0.4) is 0 Å².